The first kappa shape index (κ1) is 13.9. The highest BCUT2D eigenvalue weighted by Crippen LogP contribution is 2.29. The van der Waals surface area contributed by atoms with Crippen LogP contribution < -0.4 is 0 Å². The normalized spacial score (nSPS) is 17.2. The molecular weight excluding hydrogens is 246 g/mol. The van der Waals surface area contributed by atoms with E-state index in [4.69, 9.17) is 9.84 Å². The van der Waals surface area contributed by atoms with Gasteiger partial charge in [0.05, 0.1) is 18.4 Å². The summed E-state index contributed by atoms with van der Waals surface area (Å²) >= 11 is 1.82. The monoisotopic (exact) mass is 269 g/mol. The Morgan fingerprint density at radius 2 is 2.11 bits per heavy atom. The molecule has 1 aliphatic rings. The van der Waals surface area contributed by atoms with Crippen LogP contribution in [0.25, 0.3) is 0 Å². The van der Waals surface area contributed by atoms with E-state index in [9.17, 15) is 0 Å². The van der Waals surface area contributed by atoms with Crippen molar-refractivity contribution >= 4 is 11.8 Å². The largest absolute Gasteiger partial charge is 0.384 e. The summed E-state index contributed by atoms with van der Waals surface area (Å²) in [4.78, 5) is 4.66. The van der Waals surface area contributed by atoms with Crippen LogP contribution in [-0.4, -0.2) is 34.7 Å². The van der Waals surface area contributed by atoms with Crippen LogP contribution in [0.1, 0.15) is 49.8 Å². The van der Waals surface area contributed by atoms with E-state index in [1.807, 2.05) is 11.8 Å². The van der Waals surface area contributed by atoms with Crippen LogP contribution in [0.15, 0.2) is 0 Å². The minimum atomic E-state index is 0.574. The number of ether oxygens (including phenoxy) is 1. The fourth-order valence-corrected chi connectivity index (χ4v) is 3.00. The van der Waals surface area contributed by atoms with Gasteiger partial charge in [0.1, 0.15) is 5.82 Å². The second-order valence-electron chi connectivity index (χ2n) is 4.86. The molecule has 1 aromatic heterocycles. The Morgan fingerprint density at radius 3 is 2.78 bits per heavy atom. The Hall–Kier alpha value is -0.550. The van der Waals surface area contributed by atoms with Gasteiger partial charge in [0, 0.05) is 13.5 Å². The topological polar surface area (TPSA) is 39.9 Å². The maximum Gasteiger partial charge on any atom is 0.153 e. The molecule has 1 heterocycles. The molecule has 1 fully saturated rings. The molecule has 4 nitrogen and oxygen atoms in total. The van der Waals surface area contributed by atoms with E-state index in [0.717, 1.165) is 23.8 Å². The van der Waals surface area contributed by atoms with Crippen molar-refractivity contribution in [2.75, 3.05) is 20.0 Å². The molecule has 2 rings (SSSR count). The fraction of sp³-hybridized carbons (Fsp3) is 0.846. The Kier molecular flexibility index (Phi) is 5.50. The Labute approximate surface area is 114 Å². The maximum atomic E-state index is 5.11. The first-order valence-electron chi connectivity index (χ1n) is 6.77. The van der Waals surface area contributed by atoms with Gasteiger partial charge in [0.25, 0.3) is 0 Å². The van der Waals surface area contributed by atoms with E-state index in [2.05, 4.69) is 15.9 Å². The molecule has 1 saturated carbocycles. The third kappa shape index (κ3) is 3.48. The minimum absolute atomic E-state index is 0.574. The van der Waals surface area contributed by atoms with Crippen molar-refractivity contribution in [3.63, 3.8) is 0 Å². The fourth-order valence-electron chi connectivity index (χ4n) is 2.55. The van der Waals surface area contributed by atoms with Gasteiger partial charge < -0.3 is 4.74 Å². The summed E-state index contributed by atoms with van der Waals surface area (Å²) in [5.74, 6) is 3.03. The van der Waals surface area contributed by atoms with Crippen molar-refractivity contribution in [1.82, 2.24) is 14.8 Å². The number of thioether (sulfide) groups is 1. The third-order valence-corrected chi connectivity index (χ3v) is 4.02. The van der Waals surface area contributed by atoms with Crippen LogP contribution in [0.4, 0.5) is 0 Å². The van der Waals surface area contributed by atoms with Crippen molar-refractivity contribution in [3.8, 4) is 0 Å². The number of methoxy groups -OCH3 is 1. The minimum Gasteiger partial charge on any atom is -0.384 e. The molecule has 1 aromatic rings. The maximum absolute atomic E-state index is 5.11. The van der Waals surface area contributed by atoms with Crippen molar-refractivity contribution < 1.29 is 4.74 Å². The van der Waals surface area contributed by atoms with Gasteiger partial charge in [-0.1, -0.05) is 19.3 Å². The van der Waals surface area contributed by atoms with Crippen molar-refractivity contribution in [3.05, 3.63) is 11.6 Å². The highest BCUT2D eigenvalue weighted by atomic mass is 32.2. The molecule has 0 N–H and O–H groups in total. The third-order valence-electron chi connectivity index (χ3n) is 3.47. The smallest absolute Gasteiger partial charge is 0.153 e. The molecule has 18 heavy (non-hydrogen) atoms. The Morgan fingerprint density at radius 1 is 1.33 bits per heavy atom. The van der Waals surface area contributed by atoms with E-state index < -0.39 is 0 Å². The molecule has 0 atom stereocenters. The molecule has 0 amide bonds. The van der Waals surface area contributed by atoms with Gasteiger partial charge in [0.2, 0.25) is 0 Å². The van der Waals surface area contributed by atoms with Crippen LogP contribution in [0.5, 0.6) is 0 Å². The van der Waals surface area contributed by atoms with Crippen LogP contribution in [0, 0.1) is 0 Å². The van der Waals surface area contributed by atoms with Crippen molar-refractivity contribution in [2.45, 2.75) is 50.3 Å². The van der Waals surface area contributed by atoms with Gasteiger partial charge >= 0.3 is 0 Å². The number of hydrogen-bond donors (Lipinski definition) is 0. The van der Waals surface area contributed by atoms with Crippen molar-refractivity contribution in [1.29, 1.82) is 0 Å². The van der Waals surface area contributed by atoms with Crippen molar-refractivity contribution in [2.24, 2.45) is 0 Å². The lowest BCUT2D eigenvalue weighted by atomic mass is 9.96. The average molecular weight is 269 g/mol. The predicted octanol–water partition coefficient (Wildman–Crippen LogP) is 2.84. The molecule has 102 valence electrons. The summed E-state index contributed by atoms with van der Waals surface area (Å²) in [6.07, 6.45) is 9.49. The highest BCUT2D eigenvalue weighted by molar-refractivity contribution is 7.97. The molecule has 0 aromatic carbocycles. The lowest BCUT2D eigenvalue weighted by Gasteiger charge is -2.23. The summed E-state index contributed by atoms with van der Waals surface area (Å²) in [5, 5.41) is 4.70. The zero-order chi connectivity index (χ0) is 12.8. The SMILES string of the molecule is COCCc1nc(CSC)n(C2CCCCC2)n1. The second kappa shape index (κ2) is 7.14. The van der Waals surface area contributed by atoms with E-state index in [-0.39, 0.29) is 0 Å². The molecule has 1 aliphatic carbocycles. The lowest BCUT2D eigenvalue weighted by molar-refractivity contribution is 0.200. The predicted molar refractivity (Wildman–Crippen MR) is 74.9 cm³/mol. The van der Waals surface area contributed by atoms with E-state index in [0.29, 0.717) is 12.6 Å². The molecule has 0 bridgehead atoms. The highest BCUT2D eigenvalue weighted by Gasteiger charge is 2.20. The van der Waals surface area contributed by atoms with Crippen LogP contribution in [0.3, 0.4) is 0 Å². The average Bonchev–Trinajstić information content (AvgIpc) is 2.81. The molecule has 0 saturated heterocycles. The van der Waals surface area contributed by atoms with Gasteiger partial charge in [-0.3, -0.25) is 0 Å². The van der Waals surface area contributed by atoms with Gasteiger partial charge in [-0.2, -0.15) is 16.9 Å². The van der Waals surface area contributed by atoms with Crippen LogP contribution >= 0.6 is 11.8 Å². The first-order chi connectivity index (χ1) is 8.85. The summed E-state index contributed by atoms with van der Waals surface area (Å²) in [7, 11) is 1.72. The van der Waals surface area contributed by atoms with E-state index in [1.165, 1.54) is 32.1 Å². The standard InChI is InChI=1S/C13H23N3OS/c1-17-9-8-12-14-13(10-18-2)16(15-12)11-6-4-3-5-7-11/h11H,3-10H2,1-2H3. The molecule has 0 spiro atoms. The zero-order valence-corrected chi connectivity index (χ0v) is 12.2. The Balaban J connectivity index is 2.11. The number of aromatic nitrogens is 3. The summed E-state index contributed by atoms with van der Waals surface area (Å²) < 4.78 is 7.30. The van der Waals surface area contributed by atoms with Crippen LogP contribution in [-0.2, 0) is 16.9 Å². The van der Waals surface area contributed by atoms with Gasteiger partial charge in [0.15, 0.2) is 5.82 Å². The first-order valence-corrected chi connectivity index (χ1v) is 8.16. The number of nitrogens with zero attached hydrogens (tertiary/aromatic N) is 3. The van der Waals surface area contributed by atoms with E-state index >= 15 is 0 Å². The molecule has 0 aliphatic heterocycles. The van der Waals surface area contributed by atoms with Gasteiger partial charge in [-0.05, 0) is 19.1 Å². The molecule has 0 radical (unpaired) electrons. The number of hydrogen-bond acceptors (Lipinski definition) is 4. The second-order valence-corrected chi connectivity index (χ2v) is 5.72. The molecule has 0 unspecified atom stereocenters. The van der Waals surface area contributed by atoms with Crippen LogP contribution in [0.2, 0.25) is 0 Å². The summed E-state index contributed by atoms with van der Waals surface area (Å²) in [6, 6.07) is 0.574. The Bertz CT molecular complexity index is 361. The van der Waals surface area contributed by atoms with Gasteiger partial charge in [-0.15, -0.1) is 0 Å². The van der Waals surface area contributed by atoms with Gasteiger partial charge in [-0.25, -0.2) is 9.67 Å². The molecule has 5 heteroatoms. The summed E-state index contributed by atoms with van der Waals surface area (Å²) in [5.41, 5.74) is 0. The quantitative estimate of drug-likeness (QED) is 0.796. The van der Waals surface area contributed by atoms with E-state index in [1.54, 1.807) is 7.11 Å². The zero-order valence-electron chi connectivity index (χ0n) is 11.4. The lowest BCUT2D eigenvalue weighted by Crippen LogP contribution is -2.16. The number of rotatable bonds is 6. The summed E-state index contributed by atoms with van der Waals surface area (Å²) in [6.45, 7) is 0.702. The molecular formula is C13H23N3OS.